The number of rotatable bonds is 10. The molecule has 0 spiro atoms. The second-order valence-electron chi connectivity index (χ2n) is 10.4. The smallest absolute Gasteiger partial charge is 0.281 e. The van der Waals surface area contributed by atoms with Crippen LogP contribution in [-0.2, 0) is 21.4 Å². The number of benzene rings is 1. The van der Waals surface area contributed by atoms with Crippen molar-refractivity contribution in [1.29, 1.82) is 0 Å². The predicted molar refractivity (Wildman–Crippen MR) is 167 cm³/mol. The second-order valence-corrected chi connectivity index (χ2v) is 12.1. The molecule has 11 nitrogen and oxygen atoms in total. The third-order valence-electron chi connectivity index (χ3n) is 6.83. The summed E-state index contributed by atoms with van der Waals surface area (Å²) < 4.78 is 39.8. The largest absolute Gasteiger partial charge is 0.475 e. The van der Waals surface area contributed by atoms with E-state index in [4.69, 9.17) is 20.2 Å². The number of hydrogen-bond donors (Lipinski definition) is 2. The van der Waals surface area contributed by atoms with Crippen LogP contribution in [0.4, 0.5) is 11.6 Å². The Kier molecular flexibility index (Phi) is 9.17. The van der Waals surface area contributed by atoms with Gasteiger partial charge in [0.15, 0.2) is 5.03 Å². The van der Waals surface area contributed by atoms with Crippen molar-refractivity contribution in [2.45, 2.75) is 50.5 Å². The Balaban J connectivity index is 0.00000276. The van der Waals surface area contributed by atoms with Gasteiger partial charge in [0.05, 0.1) is 30.1 Å². The fourth-order valence-electron chi connectivity index (χ4n) is 4.70. The summed E-state index contributed by atoms with van der Waals surface area (Å²) in [6.07, 6.45) is 3.12. The fraction of sp³-hybridized carbons (Fsp3) is 0.290. The number of hydrogen-bond acceptors (Lipinski definition) is 10. The minimum absolute atomic E-state index is 0. The van der Waals surface area contributed by atoms with Gasteiger partial charge < -0.3 is 20.1 Å². The van der Waals surface area contributed by atoms with Crippen molar-refractivity contribution >= 4 is 27.6 Å². The van der Waals surface area contributed by atoms with Gasteiger partial charge in [-0.3, -0.25) is 4.79 Å². The molecule has 0 aliphatic carbocycles. The lowest BCUT2D eigenvalue weighted by atomic mass is 10.1. The molecule has 3 N–H and O–H groups in total. The van der Waals surface area contributed by atoms with Crippen LogP contribution in [0.3, 0.4) is 0 Å². The van der Waals surface area contributed by atoms with Crippen LogP contribution in [0.5, 0.6) is 5.88 Å². The first-order valence-corrected chi connectivity index (χ1v) is 15.5. The zero-order chi connectivity index (χ0) is 30.4. The number of nitrogen functional groups attached to an aromatic ring is 1. The number of carbonyl (C=O) groups is 1. The number of anilines is 2. The second kappa shape index (κ2) is 13.2. The number of nitrogens with one attached hydrogen (secondary N) is 1. The predicted octanol–water partition coefficient (Wildman–Crippen LogP) is 4.70. The number of amides is 1. The van der Waals surface area contributed by atoms with Crippen LogP contribution < -0.4 is 20.1 Å². The van der Waals surface area contributed by atoms with Gasteiger partial charge in [0, 0.05) is 33.8 Å². The zero-order valence-corrected chi connectivity index (χ0v) is 24.8. The van der Waals surface area contributed by atoms with Gasteiger partial charge in [-0.1, -0.05) is 36.4 Å². The van der Waals surface area contributed by atoms with Gasteiger partial charge in [-0.05, 0) is 62.6 Å². The van der Waals surface area contributed by atoms with Crippen LogP contribution in [-0.4, -0.2) is 54.6 Å². The average molecular weight is 607 g/mol. The van der Waals surface area contributed by atoms with Crippen molar-refractivity contribution in [2.75, 3.05) is 23.7 Å². The molecular weight excluding hydrogens is 568 g/mol. The third-order valence-corrected chi connectivity index (χ3v) is 8.06. The average Bonchev–Trinajstić information content (AvgIpc) is 3.00. The Bertz CT molecular complexity index is 1670. The lowest BCUT2D eigenvalue weighted by Gasteiger charge is -2.33. The molecule has 43 heavy (non-hydrogen) atoms. The molecule has 0 saturated carbocycles. The number of nitrogens with zero attached hydrogens (tertiary/aromatic N) is 4. The molecule has 1 amide bonds. The molecular formula is C31H38N6O5S. The van der Waals surface area contributed by atoms with E-state index in [-0.39, 0.29) is 31.5 Å². The summed E-state index contributed by atoms with van der Waals surface area (Å²) >= 11 is 0. The van der Waals surface area contributed by atoms with Crippen LogP contribution in [0.25, 0.3) is 11.3 Å². The number of sulfonamides is 1. The molecule has 0 radical (unpaired) electrons. The van der Waals surface area contributed by atoms with E-state index in [0.29, 0.717) is 49.9 Å². The number of piperidine rings is 1. The first-order valence-electron chi connectivity index (χ1n) is 14.0. The van der Waals surface area contributed by atoms with E-state index in [2.05, 4.69) is 14.7 Å². The topological polar surface area (TPSA) is 150 Å². The maximum absolute atomic E-state index is 13.4. The number of pyridine rings is 3. The van der Waals surface area contributed by atoms with Gasteiger partial charge in [-0.2, -0.15) is 8.42 Å². The fourth-order valence-corrected chi connectivity index (χ4v) is 5.64. The first-order chi connectivity index (χ1) is 20.7. The van der Waals surface area contributed by atoms with Crippen molar-refractivity contribution in [3.8, 4) is 17.1 Å². The highest BCUT2D eigenvalue weighted by atomic mass is 32.2. The SMILES string of the molecule is CC(C)Oc1ccc(-c2ccc(C(=O)NS(=O)(=O)c3cccc(N)n3)c(N3CCC(OCc4ccccc4)CC3)n2)cn1.[HH].[HH]. The Morgan fingerprint density at radius 2 is 1.79 bits per heavy atom. The van der Waals surface area contributed by atoms with E-state index >= 15 is 0 Å². The number of aromatic nitrogens is 3. The lowest BCUT2D eigenvalue weighted by Crippen LogP contribution is -2.39. The number of nitrogens with two attached hydrogens (primary N) is 1. The molecule has 0 unspecified atom stereocenters. The summed E-state index contributed by atoms with van der Waals surface area (Å²) in [5, 5.41) is -0.349. The quantitative estimate of drug-likeness (QED) is 0.260. The molecule has 228 valence electrons. The molecule has 1 saturated heterocycles. The van der Waals surface area contributed by atoms with E-state index in [1.165, 1.54) is 18.2 Å². The van der Waals surface area contributed by atoms with Crippen molar-refractivity contribution in [3.63, 3.8) is 0 Å². The highest BCUT2D eigenvalue weighted by molar-refractivity contribution is 7.90. The summed E-state index contributed by atoms with van der Waals surface area (Å²) in [6.45, 7) is 5.50. The van der Waals surface area contributed by atoms with E-state index < -0.39 is 15.9 Å². The van der Waals surface area contributed by atoms with Crippen LogP contribution >= 0.6 is 0 Å². The van der Waals surface area contributed by atoms with E-state index in [1.54, 1.807) is 24.4 Å². The van der Waals surface area contributed by atoms with Crippen molar-refractivity contribution in [1.82, 2.24) is 19.7 Å². The Morgan fingerprint density at radius 1 is 1.02 bits per heavy atom. The molecule has 0 atom stereocenters. The van der Waals surface area contributed by atoms with Gasteiger partial charge in [0.1, 0.15) is 11.6 Å². The minimum atomic E-state index is -4.28. The van der Waals surface area contributed by atoms with Gasteiger partial charge in [-0.25, -0.2) is 19.7 Å². The first kappa shape index (κ1) is 29.9. The van der Waals surface area contributed by atoms with E-state index in [0.717, 1.165) is 11.1 Å². The standard InChI is InChI=1S/C31H34N6O5S.2H2/c1-21(2)42-28-14-11-23(19-33-28)26-13-12-25(31(38)36-43(39,40)29-10-6-9-27(32)35-29)30(34-26)37-17-15-24(16-18-37)41-20-22-7-4-3-5-8-22;;/h3-14,19,21,24H,15-18,20H2,1-2H3,(H2,32,35)(H,36,38);2*1H. The maximum Gasteiger partial charge on any atom is 0.281 e. The Labute approximate surface area is 254 Å². The van der Waals surface area contributed by atoms with E-state index in [9.17, 15) is 13.2 Å². The lowest BCUT2D eigenvalue weighted by molar-refractivity contribution is 0.0250. The summed E-state index contributed by atoms with van der Waals surface area (Å²) in [5.74, 6) is 0.0694. The van der Waals surface area contributed by atoms with Gasteiger partial charge in [0.25, 0.3) is 15.9 Å². The molecule has 1 aromatic carbocycles. The molecule has 4 aromatic rings. The monoisotopic (exact) mass is 606 g/mol. The maximum atomic E-state index is 13.4. The molecule has 5 rings (SSSR count). The summed E-state index contributed by atoms with van der Waals surface area (Å²) in [4.78, 5) is 28.5. The zero-order valence-electron chi connectivity index (χ0n) is 24.0. The Morgan fingerprint density at radius 3 is 2.47 bits per heavy atom. The van der Waals surface area contributed by atoms with Crippen LogP contribution in [0.15, 0.2) is 84.0 Å². The molecule has 12 heteroatoms. The van der Waals surface area contributed by atoms with Gasteiger partial charge in [0.2, 0.25) is 5.88 Å². The van der Waals surface area contributed by atoms with Crippen molar-refractivity contribution in [3.05, 3.63) is 90.1 Å². The molecule has 1 aliphatic heterocycles. The molecule has 1 fully saturated rings. The molecule has 0 bridgehead atoms. The van der Waals surface area contributed by atoms with Crippen molar-refractivity contribution in [2.24, 2.45) is 0 Å². The molecule has 1 aliphatic rings. The molecule has 4 heterocycles. The normalized spacial score (nSPS) is 14.1. The van der Waals surface area contributed by atoms with Gasteiger partial charge >= 0.3 is 0 Å². The van der Waals surface area contributed by atoms with Crippen molar-refractivity contribution < 1.29 is 25.5 Å². The van der Waals surface area contributed by atoms with Gasteiger partial charge in [-0.15, -0.1) is 0 Å². The highest BCUT2D eigenvalue weighted by Gasteiger charge is 2.28. The highest BCUT2D eigenvalue weighted by Crippen LogP contribution is 2.28. The minimum Gasteiger partial charge on any atom is -0.475 e. The van der Waals surface area contributed by atoms with Crippen LogP contribution in [0, 0.1) is 0 Å². The van der Waals surface area contributed by atoms with Crippen LogP contribution in [0.2, 0.25) is 0 Å². The van der Waals surface area contributed by atoms with E-state index in [1.807, 2.05) is 55.1 Å². The third kappa shape index (κ3) is 7.65. The summed E-state index contributed by atoms with van der Waals surface area (Å²) in [6, 6.07) is 21.0. The summed E-state index contributed by atoms with van der Waals surface area (Å²) in [7, 11) is -4.28. The number of ether oxygens (including phenoxy) is 2. The molecule has 3 aromatic heterocycles. The Hall–Kier alpha value is -4.55. The number of carbonyl (C=O) groups excluding carboxylic acids is 1. The summed E-state index contributed by atoms with van der Waals surface area (Å²) in [5.41, 5.74) is 8.19. The van der Waals surface area contributed by atoms with Crippen LogP contribution in [0.1, 0.15) is 45.5 Å².